The molecular weight excluding hydrogens is 419 g/mol. The van der Waals surface area contributed by atoms with E-state index in [9.17, 15) is 18.9 Å². The van der Waals surface area contributed by atoms with Gasteiger partial charge in [0, 0.05) is 0 Å². The van der Waals surface area contributed by atoms with E-state index in [1.54, 1.807) is 0 Å². The summed E-state index contributed by atoms with van der Waals surface area (Å²) in [5.41, 5.74) is -3.02. The van der Waals surface area contributed by atoms with Crippen LogP contribution in [0.2, 0.25) is 0 Å². The van der Waals surface area contributed by atoms with Crippen LogP contribution in [-0.4, -0.2) is 254 Å². The van der Waals surface area contributed by atoms with Gasteiger partial charge in [0.15, 0.2) is 5.60 Å². The quantitative estimate of drug-likeness (QED) is 0.198. The van der Waals surface area contributed by atoms with E-state index in [2.05, 4.69) is 4.52 Å². The van der Waals surface area contributed by atoms with E-state index in [1.807, 2.05) is 0 Å². The van der Waals surface area contributed by atoms with Crippen molar-refractivity contribution in [3.63, 3.8) is 0 Å². The monoisotopic (exact) mass is 432 g/mol. The number of hydrogen-bond donors (Lipinski definition) is 5. The predicted molar refractivity (Wildman–Crippen MR) is 76.6 cm³/mol. The summed E-state index contributed by atoms with van der Waals surface area (Å²) in [5, 5.41) is 25.5. The molecule has 0 rings (SSSR count). The van der Waals surface area contributed by atoms with E-state index in [0.717, 1.165) is 0 Å². The molecule has 0 unspecified atom stereocenters. The maximum absolute atomic E-state index is 10.8. The fourth-order valence-electron chi connectivity index (χ4n) is 1.03. The summed E-state index contributed by atoms with van der Waals surface area (Å²) < 4.78 is 14.4. The van der Waals surface area contributed by atoms with Gasteiger partial charge in [-0.2, -0.15) is 0 Å². The van der Waals surface area contributed by atoms with E-state index in [4.69, 9.17) is 25.1 Å². The van der Waals surface area contributed by atoms with Gasteiger partial charge in [-0.05, 0) is 0 Å². The molecule has 106 valence electrons. The number of phosphoric ester groups is 1. The Morgan fingerprint density at radius 1 is 0.857 bits per heavy atom. The van der Waals surface area contributed by atoms with Crippen molar-refractivity contribution in [1.29, 1.82) is 0 Å². The van der Waals surface area contributed by atoms with Gasteiger partial charge in [0.2, 0.25) is 0 Å². The Hall–Kier alpha value is 5.07. The number of aliphatic carboxylic acids is 3. The zero-order valence-corrected chi connectivity index (χ0v) is 9.03. The molecule has 0 amide bonds. The van der Waals surface area contributed by atoms with Gasteiger partial charge in [0.25, 0.3) is 0 Å². The van der Waals surface area contributed by atoms with E-state index < -0.39 is 44.2 Å². The molecule has 5 N–H and O–H groups in total. The molecule has 0 aliphatic rings. The Kier molecular flexibility index (Phi) is 30.2. The summed E-state index contributed by atoms with van der Waals surface area (Å²) in [7, 11) is -5.36. The van der Waals surface area contributed by atoms with Crippen LogP contribution < -0.4 is 0 Å². The molecule has 21 heavy (non-hydrogen) atoms. The van der Waals surface area contributed by atoms with Crippen molar-refractivity contribution in [2.24, 2.45) is 0 Å². The van der Waals surface area contributed by atoms with Crippen LogP contribution >= 0.6 is 7.82 Å². The van der Waals surface area contributed by atoms with Gasteiger partial charge < -0.3 is 25.1 Å². The maximum atomic E-state index is 10.8. The number of hydrogen-bond acceptors (Lipinski definition) is 5. The van der Waals surface area contributed by atoms with Gasteiger partial charge in [0.05, 0.1) is 12.8 Å². The molecule has 0 atom stereocenters. The van der Waals surface area contributed by atoms with Gasteiger partial charge in [-0.15, -0.1) is 0 Å². The molecule has 0 radical (unpaired) electrons. The van der Waals surface area contributed by atoms with Crippen LogP contribution in [0, 0.1) is 0 Å². The van der Waals surface area contributed by atoms with Gasteiger partial charge in [-0.3, -0.25) is 14.1 Å². The average molecular weight is 433 g/mol. The van der Waals surface area contributed by atoms with Crippen LogP contribution in [0.5, 0.6) is 0 Å². The molecule has 0 heterocycles. The third-order valence-electron chi connectivity index (χ3n) is 1.56. The van der Waals surface area contributed by atoms with E-state index in [-0.39, 0.29) is 206 Å². The third-order valence-corrected chi connectivity index (χ3v) is 2.14. The summed E-state index contributed by atoms with van der Waals surface area (Å²) >= 11 is 0. The average Bonchev–Trinajstić information content (AvgIpc) is 1.96. The number of rotatable bonds is 7. The van der Waals surface area contributed by atoms with E-state index in [1.165, 1.54) is 0 Å². The fourth-order valence-corrected chi connectivity index (χ4v) is 1.70. The number of carboxylic acids is 3. The van der Waals surface area contributed by atoms with E-state index >= 15 is 0 Å². The standard InChI is InChI=1S/C6H9O10P.4K.4H/c7-3(8)1-6(5(11)12,2-4(9)10)16-17(13,14)15;;;;;;;;/h1-2H2,(H,7,8)(H,9,10)(H,11,12)(H2,13,14,15);;;;;;;;. The SMILES string of the molecule is O=C(O)CC(CC(=O)O)(OP(=O)(O)O)C(=O)O.[KH].[KH].[KH].[KH]. The Bertz CT molecular complexity index is 379. The molecular formula is C6H13K4O10P. The van der Waals surface area contributed by atoms with Crippen LogP contribution in [0.3, 0.4) is 0 Å². The van der Waals surface area contributed by atoms with Crippen molar-refractivity contribution in [3.8, 4) is 0 Å². The second-order valence-electron chi connectivity index (χ2n) is 3.02. The van der Waals surface area contributed by atoms with Crippen LogP contribution in [-0.2, 0) is 23.5 Å². The number of phosphoric acid groups is 1. The van der Waals surface area contributed by atoms with Crippen molar-refractivity contribution in [2.75, 3.05) is 0 Å². The van der Waals surface area contributed by atoms with Crippen LogP contribution in [0.1, 0.15) is 12.8 Å². The first-order valence-electron chi connectivity index (χ1n) is 3.92. The molecule has 0 aromatic heterocycles. The summed E-state index contributed by atoms with van der Waals surface area (Å²) in [5.74, 6) is -5.64. The van der Waals surface area contributed by atoms with Crippen molar-refractivity contribution >= 4 is 231 Å². The molecule has 10 nitrogen and oxygen atoms in total. The van der Waals surface area contributed by atoms with Crippen molar-refractivity contribution in [2.45, 2.75) is 18.4 Å². The molecule has 0 fully saturated rings. The molecule has 0 saturated heterocycles. The van der Waals surface area contributed by atoms with Crippen LogP contribution in [0.25, 0.3) is 0 Å². The Balaban J connectivity index is -0.000000213. The van der Waals surface area contributed by atoms with Crippen molar-refractivity contribution < 1.29 is 48.6 Å². The zero-order valence-electron chi connectivity index (χ0n) is 8.14. The minimum absolute atomic E-state index is 0. The molecule has 0 aromatic rings. The molecule has 0 aliphatic carbocycles. The van der Waals surface area contributed by atoms with Crippen LogP contribution in [0.4, 0.5) is 0 Å². The number of carboxylic acid groups (broad SMARTS) is 3. The summed E-state index contributed by atoms with van der Waals surface area (Å²) in [4.78, 5) is 48.5. The van der Waals surface area contributed by atoms with Gasteiger partial charge in [0.1, 0.15) is 0 Å². The zero-order chi connectivity index (χ0) is 13.9. The van der Waals surface area contributed by atoms with Gasteiger partial charge in [-0.1, -0.05) is 0 Å². The second kappa shape index (κ2) is 17.2. The molecule has 0 spiro atoms. The molecule has 0 saturated carbocycles. The van der Waals surface area contributed by atoms with Crippen molar-refractivity contribution in [3.05, 3.63) is 0 Å². The first-order chi connectivity index (χ1) is 7.48. The fraction of sp³-hybridized carbons (Fsp3) is 0.500. The topological polar surface area (TPSA) is 179 Å². The minimum atomic E-state index is -5.36. The predicted octanol–water partition coefficient (Wildman–Crippen LogP) is -3.73. The normalized spacial score (nSPS) is 9.81. The van der Waals surface area contributed by atoms with E-state index in [0.29, 0.717) is 0 Å². The summed E-state index contributed by atoms with van der Waals surface area (Å²) in [6.07, 6.45) is -2.81. The Morgan fingerprint density at radius 3 is 1.29 bits per heavy atom. The third kappa shape index (κ3) is 18.2. The number of carbonyl (C=O) groups is 3. The Labute approximate surface area is 289 Å². The molecule has 15 heteroatoms. The Morgan fingerprint density at radius 2 is 1.14 bits per heavy atom. The van der Waals surface area contributed by atoms with Gasteiger partial charge >= 0.3 is 231 Å². The summed E-state index contributed by atoms with van der Waals surface area (Å²) in [6, 6.07) is 0. The van der Waals surface area contributed by atoms with Crippen LogP contribution in [0.15, 0.2) is 0 Å². The van der Waals surface area contributed by atoms with Crippen molar-refractivity contribution in [1.82, 2.24) is 0 Å². The molecule has 0 bridgehead atoms. The first-order valence-corrected chi connectivity index (χ1v) is 5.45. The first kappa shape index (κ1) is 36.9. The van der Waals surface area contributed by atoms with Gasteiger partial charge in [-0.25, -0.2) is 9.36 Å². The molecule has 0 aromatic carbocycles. The summed E-state index contributed by atoms with van der Waals surface area (Å²) in [6.45, 7) is 0. The second-order valence-corrected chi connectivity index (χ2v) is 4.19. The molecule has 0 aliphatic heterocycles.